The van der Waals surface area contributed by atoms with Crippen molar-refractivity contribution in [3.8, 4) is 0 Å². The molecule has 9 heteroatoms. The normalized spacial score (nSPS) is 11.5. The molecule has 0 saturated heterocycles. The summed E-state index contributed by atoms with van der Waals surface area (Å²) in [5.41, 5.74) is 0.0475. The number of urea groups is 1. The lowest BCUT2D eigenvalue weighted by Crippen LogP contribution is -2.44. The van der Waals surface area contributed by atoms with Crippen molar-refractivity contribution in [2.75, 3.05) is 6.61 Å². The first-order chi connectivity index (χ1) is 10.3. The van der Waals surface area contributed by atoms with E-state index in [1.807, 2.05) is 12.2 Å². The highest BCUT2D eigenvalue weighted by molar-refractivity contribution is 6.41. The average molecular weight is 348 g/mol. The van der Waals surface area contributed by atoms with Gasteiger partial charge < -0.3 is 10.1 Å². The van der Waals surface area contributed by atoms with Crippen LogP contribution in [0, 0.1) is 0 Å². The van der Waals surface area contributed by atoms with Gasteiger partial charge in [-0.3, -0.25) is 10.1 Å². The lowest BCUT2D eigenvalue weighted by molar-refractivity contribution is -0.123. The Balaban J connectivity index is 2.45. The molecule has 2 N–H and O–H groups in total. The molecule has 0 spiro atoms. The van der Waals surface area contributed by atoms with Crippen LogP contribution in [0.25, 0.3) is 0 Å². The largest absolute Gasteiger partial charge is 0.452 e. The van der Waals surface area contributed by atoms with Crippen LogP contribution in [0.15, 0.2) is 12.3 Å². The topological polar surface area (TPSA) is 97.4 Å². The maximum Gasteiger partial charge on any atom is 0.340 e. The van der Waals surface area contributed by atoms with E-state index in [2.05, 4.69) is 10.3 Å². The summed E-state index contributed by atoms with van der Waals surface area (Å²) in [6.07, 6.45) is 1.89. The van der Waals surface area contributed by atoms with E-state index in [1.165, 1.54) is 12.3 Å². The number of aromatic nitrogens is 1. The lowest BCUT2D eigenvalue weighted by Gasteiger charge is -2.11. The third-order valence-corrected chi connectivity index (χ3v) is 3.30. The molecule has 0 bridgehead atoms. The summed E-state index contributed by atoms with van der Waals surface area (Å²) in [4.78, 5) is 38.2. The molecule has 0 unspecified atom stereocenters. The van der Waals surface area contributed by atoms with Gasteiger partial charge >= 0.3 is 12.0 Å². The van der Waals surface area contributed by atoms with E-state index in [0.29, 0.717) is 0 Å². The Kier molecular flexibility index (Phi) is 7.07. The van der Waals surface area contributed by atoms with Crippen LogP contribution >= 0.6 is 23.2 Å². The van der Waals surface area contributed by atoms with E-state index in [1.54, 1.807) is 6.92 Å². The van der Waals surface area contributed by atoms with Gasteiger partial charge in [0.15, 0.2) is 6.61 Å². The van der Waals surface area contributed by atoms with Crippen molar-refractivity contribution >= 4 is 41.1 Å². The minimum Gasteiger partial charge on any atom is -0.452 e. The molecule has 1 atom stereocenters. The fourth-order valence-electron chi connectivity index (χ4n) is 1.27. The number of esters is 1. The predicted molar refractivity (Wildman–Crippen MR) is 81.0 cm³/mol. The number of imide groups is 1. The number of hydrogen-bond acceptors (Lipinski definition) is 5. The number of pyridine rings is 1. The van der Waals surface area contributed by atoms with Gasteiger partial charge in [0.1, 0.15) is 5.15 Å². The summed E-state index contributed by atoms with van der Waals surface area (Å²) in [7, 11) is 0. The summed E-state index contributed by atoms with van der Waals surface area (Å²) in [5.74, 6) is -1.55. The second kappa shape index (κ2) is 8.55. The van der Waals surface area contributed by atoms with Gasteiger partial charge in [0.25, 0.3) is 5.91 Å². The molecule has 1 aromatic rings. The van der Waals surface area contributed by atoms with Crippen LogP contribution in [0.3, 0.4) is 0 Å². The number of hydrogen-bond donors (Lipinski definition) is 2. The van der Waals surface area contributed by atoms with Crippen LogP contribution in [0.1, 0.15) is 30.6 Å². The zero-order chi connectivity index (χ0) is 16.7. The number of nitrogens with zero attached hydrogens (tertiary/aromatic N) is 1. The van der Waals surface area contributed by atoms with E-state index in [-0.39, 0.29) is 21.8 Å². The fourth-order valence-corrected chi connectivity index (χ4v) is 1.54. The molecule has 0 aliphatic carbocycles. The summed E-state index contributed by atoms with van der Waals surface area (Å²) >= 11 is 11.3. The highest BCUT2D eigenvalue weighted by Crippen LogP contribution is 2.19. The Hall–Kier alpha value is -1.86. The summed E-state index contributed by atoms with van der Waals surface area (Å²) in [5, 5.41) is 4.73. The van der Waals surface area contributed by atoms with Crippen LogP contribution < -0.4 is 10.6 Å². The molecule has 0 saturated carbocycles. The molecule has 0 aromatic carbocycles. The zero-order valence-corrected chi connectivity index (χ0v) is 13.5. The molecule has 1 rings (SSSR count). The van der Waals surface area contributed by atoms with E-state index in [0.717, 1.165) is 6.42 Å². The van der Waals surface area contributed by atoms with Crippen molar-refractivity contribution in [2.45, 2.75) is 26.3 Å². The van der Waals surface area contributed by atoms with E-state index < -0.39 is 24.5 Å². The molecule has 0 aliphatic heterocycles. The number of carbonyl (C=O) groups is 3. The number of halogens is 2. The number of carbonyl (C=O) groups excluding carboxylic acids is 3. The standard InChI is InChI=1S/C13H15Cl2N3O4/c1-3-7(2)17-13(21)18-10(19)6-22-12(20)8-4-9(14)11(15)16-5-8/h4-5,7H,3,6H2,1-2H3,(H2,17,18,19,21)/t7-/m1/s1. The van der Waals surface area contributed by atoms with Crippen LogP contribution in [0.5, 0.6) is 0 Å². The third-order valence-electron chi connectivity index (χ3n) is 2.61. The molecule has 7 nitrogen and oxygen atoms in total. The fraction of sp³-hybridized carbons (Fsp3) is 0.385. The highest BCUT2D eigenvalue weighted by Gasteiger charge is 2.14. The Morgan fingerprint density at radius 1 is 1.36 bits per heavy atom. The first-order valence-corrected chi connectivity index (χ1v) is 7.17. The second-order valence-corrected chi connectivity index (χ2v) is 5.17. The number of nitrogens with one attached hydrogen (secondary N) is 2. The van der Waals surface area contributed by atoms with Crippen LogP contribution in [0.2, 0.25) is 10.2 Å². The van der Waals surface area contributed by atoms with Gasteiger partial charge in [-0.25, -0.2) is 14.6 Å². The second-order valence-electron chi connectivity index (χ2n) is 4.40. The molecule has 3 amide bonds. The minimum atomic E-state index is -0.802. The molecule has 0 fully saturated rings. The van der Waals surface area contributed by atoms with Gasteiger partial charge in [0.2, 0.25) is 0 Å². The van der Waals surface area contributed by atoms with Gasteiger partial charge in [0.05, 0.1) is 10.6 Å². The zero-order valence-electron chi connectivity index (χ0n) is 12.0. The van der Waals surface area contributed by atoms with Crippen LogP contribution in [0.4, 0.5) is 4.79 Å². The first kappa shape index (κ1) is 18.2. The lowest BCUT2D eigenvalue weighted by atomic mass is 10.3. The summed E-state index contributed by atoms with van der Waals surface area (Å²) in [6, 6.07) is 0.552. The predicted octanol–water partition coefficient (Wildman–Crippen LogP) is 2.17. The van der Waals surface area contributed by atoms with E-state index in [4.69, 9.17) is 27.9 Å². The molecule has 0 aliphatic rings. The molecule has 0 radical (unpaired) electrons. The van der Waals surface area contributed by atoms with Crippen molar-refractivity contribution < 1.29 is 19.1 Å². The summed E-state index contributed by atoms with van der Waals surface area (Å²) < 4.78 is 4.74. The van der Waals surface area contributed by atoms with Gasteiger partial charge in [-0.1, -0.05) is 30.1 Å². The van der Waals surface area contributed by atoms with Crippen molar-refractivity contribution in [3.63, 3.8) is 0 Å². The third kappa shape index (κ3) is 5.87. The van der Waals surface area contributed by atoms with Gasteiger partial charge in [-0.05, 0) is 19.4 Å². The Labute approximate surface area is 137 Å². The quantitative estimate of drug-likeness (QED) is 0.628. The van der Waals surface area contributed by atoms with Gasteiger partial charge in [0, 0.05) is 12.2 Å². The Bertz CT molecular complexity index is 580. The monoisotopic (exact) mass is 347 g/mol. The number of rotatable bonds is 5. The number of amides is 3. The molecular weight excluding hydrogens is 333 g/mol. The van der Waals surface area contributed by atoms with Crippen molar-refractivity contribution in [1.29, 1.82) is 0 Å². The highest BCUT2D eigenvalue weighted by atomic mass is 35.5. The molecule has 22 heavy (non-hydrogen) atoms. The van der Waals surface area contributed by atoms with Gasteiger partial charge in [-0.2, -0.15) is 0 Å². The van der Waals surface area contributed by atoms with Crippen molar-refractivity contribution in [1.82, 2.24) is 15.6 Å². The smallest absolute Gasteiger partial charge is 0.340 e. The molecule has 1 aromatic heterocycles. The van der Waals surface area contributed by atoms with Crippen molar-refractivity contribution in [2.24, 2.45) is 0 Å². The van der Waals surface area contributed by atoms with E-state index in [9.17, 15) is 14.4 Å². The summed E-state index contributed by atoms with van der Waals surface area (Å²) in [6.45, 7) is 3.08. The average Bonchev–Trinajstić information content (AvgIpc) is 2.47. The Morgan fingerprint density at radius 3 is 2.64 bits per heavy atom. The minimum absolute atomic E-state index is 0.0475. The molecule has 1 heterocycles. The van der Waals surface area contributed by atoms with Gasteiger partial charge in [-0.15, -0.1) is 0 Å². The Morgan fingerprint density at radius 2 is 2.05 bits per heavy atom. The van der Waals surface area contributed by atoms with Crippen LogP contribution in [-0.2, 0) is 9.53 Å². The SMILES string of the molecule is CC[C@@H](C)NC(=O)NC(=O)COC(=O)c1cnc(Cl)c(Cl)c1. The molecule has 120 valence electrons. The number of ether oxygens (including phenoxy) is 1. The maximum absolute atomic E-state index is 11.7. The van der Waals surface area contributed by atoms with Crippen molar-refractivity contribution in [3.05, 3.63) is 28.0 Å². The first-order valence-electron chi connectivity index (χ1n) is 6.42. The molecular formula is C13H15Cl2N3O4. The van der Waals surface area contributed by atoms with E-state index >= 15 is 0 Å². The maximum atomic E-state index is 11.7. The van der Waals surface area contributed by atoms with Crippen LogP contribution in [-0.4, -0.2) is 35.5 Å².